The van der Waals surface area contributed by atoms with Crippen LogP contribution in [-0.4, -0.2) is 43.4 Å². The van der Waals surface area contributed by atoms with Gasteiger partial charge in [0, 0.05) is 10.4 Å². The summed E-state index contributed by atoms with van der Waals surface area (Å²) in [6.45, 7) is 0. The Kier molecular flexibility index (Phi) is 4.68. The van der Waals surface area contributed by atoms with Crippen molar-refractivity contribution < 1.29 is 17.5 Å². The van der Waals surface area contributed by atoms with Gasteiger partial charge in [0.25, 0.3) is 0 Å². The second-order valence-electron chi connectivity index (χ2n) is 0.408. The van der Waals surface area contributed by atoms with Gasteiger partial charge < -0.3 is 9.11 Å². The minimum absolute atomic E-state index is 0. The van der Waals surface area contributed by atoms with Gasteiger partial charge in [-0.3, -0.25) is 8.42 Å². The normalized spacial score (nSPS) is 9.67. The Hall–Kier alpha value is 0.740. The zero-order valence-electron chi connectivity index (χ0n) is 2.62. The van der Waals surface area contributed by atoms with Crippen molar-refractivity contribution in [2.45, 2.75) is 0 Å². The fourth-order valence-electron chi connectivity index (χ4n) is 0. The molecule has 0 aliphatic carbocycles. The summed E-state index contributed by atoms with van der Waals surface area (Å²) in [6.07, 6.45) is 0. The maximum Gasteiger partial charge on any atom is 2.00 e. The van der Waals surface area contributed by atoms with Crippen LogP contribution in [0.5, 0.6) is 0 Å². The van der Waals surface area contributed by atoms with Gasteiger partial charge in [-0.1, -0.05) is 0 Å². The van der Waals surface area contributed by atoms with Crippen LogP contribution in [0.15, 0.2) is 0 Å². The molecule has 4 nitrogen and oxygen atoms in total. The Bertz CT molecular complexity index is 90.7. The fourth-order valence-corrected chi connectivity index (χ4v) is 0. The summed E-state index contributed by atoms with van der Waals surface area (Å²) in [7, 11) is -5.17. The molecule has 0 aromatic rings. The van der Waals surface area contributed by atoms with Crippen LogP contribution in [0.2, 0.25) is 0 Å². The van der Waals surface area contributed by atoms with Crippen molar-refractivity contribution >= 4 is 36.2 Å². The Morgan fingerprint density at radius 1 is 1.17 bits per heavy atom. The third-order valence-corrected chi connectivity index (χ3v) is 0. The van der Waals surface area contributed by atoms with Gasteiger partial charge >= 0.3 is 25.8 Å². The van der Waals surface area contributed by atoms with Crippen LogP contribution in [-0.2, 0) is 10.4 Å². The molecule has 0 fully saturated rings. The zero-order valence-corrected chi connectivity index (χ0v) is 6.73. The SMILES string of the molecule is O=S(=O)([O-])[O-].[In+2]. The first kappa shape index (κ1) is 9.88. The summed E-state index contributed by atoms with van der Waals surface area (Å²) >= 11 is 0. The van der Waals surface area contributed by atoms with Crippen LogP contribution in [0, 0.1) is 0 Å². The van der Waals surface area contributed by atoms with Crippen molar-refractivity contribution in [1.29, 1.82) is 0 Å². The van der Waals surface area contributed by atoms with Gasteiger partial charge in [0.05, 0.1) is 0 Å². The average Bonchev–Trinajstić information content (AvgIpc) is 0.722. The van der Waals surface area contributed by atoms with Gasteiger partial charge in [-0.15, -0.1) is 0 Å². The number of rotatable bonds is 0. The van der Waals surface area contributed by atoms with E-state index in [0.29, 0.717) is 0 Å². The molecule has 0 atom stereocenters. The van der Waals surface area contributed by atoms with Crippen LogP contribution in [0.25, 0.3) is 0 Å². The van der Waals surface area contributed by atoms with E-state index in [1.807, 2.05) is 0 Å². The summed E-state index contributed by atoms with van der Waals surface area (Å²) in [6, 6.07) is 0. The molecule has 0 unspecified atom stereocenters. The van der Waals surface area contributed by atoms with Crippen LogP contribution < -0.4 is 0 Å². The van der Waals surface area contributed by atoms with E-state index in [9.17, 15) is 0 Å². The molecule has 0 saturated carbocycles. The third-order valence-electron chi connectivity index (χ3n) is 0. The molecule has 0 spiro atoms. The second-order valence-corrected chi connectivity index (χ2v) is 1.22. The molecular formula is InO4S. The molecule has 0 aliphatic rings. The third kappa shape index (κ3) is 121. The van der Waals surface area contributed by atoms with Gasteiger partial charge in [0.1, 0.15) is 0 Å². The van der Waals surface area contributed by atoms with Crippen LogP contribution in [0.4, 0.5) is 0 Å². The summed E-state index contributed by atoms with van der Waals surface area (Å²) in [5.41, 5.74) is 0. The van der Waals surface area contributed by atoms with E-state index in [4.69, 9.17) is 17.5 Å². The molecule has 1 radical (unpaired) electrons. The van der Waals surface area contributed by atoms with Crippen LogP contribution in [0.1, 0.15) is 0 Å². The predicted octanol–water partition coefficient (Wildman–Crippen LogP) is -1.72. The van der Waals surface area contributed by atoms with Gasteiger partial charge in [-0.2, -0.15) is 0 Å². The maximum absolute atomic E-state index is 8.52. The first-order valence-electron chi connectivity index (χ1n) is 0.667. The molecule has 0 amide bonds. The molecule has 0 aliphatic heterocycles. The van der Waals surface area contributed by atoms with Crippen LogP contribution in [0.3, 0.4) is 0 Å². The van der Waals surface area contributed by atoms with Crippen molar-refractivity contribution in [1.82, 2.24) is 0 Å². The first-order valence-corrected chi connectivity index (χ1v) is 2.00. The molecule has 0 rings (SSSR count). The van der Waals surface area contributed by atoms with E-state index < -0.39 is 10.4 Å². The van der Waals surface area contributed by atoms with Crippen molar-refractivity contribution in [2.75, 3.05) is 0 Å². The van der Waals surface area contributed by atoms with E-state index in [1.165, 1.54) is 0 Å². The van der Waals surface area contributed by atoms with Crippen molar-refractivity contribution in [3.05, 3.63) is 0 Å². The summed E-state index contributed by atoms with van der Waals surface area (Å²) in [4.78, 5) is 0. The Morgan fingerprint density at radius 3 is 1.17 bits per heavy atom. The summed E-state index contributed by atoms with van der Waals surface area (Å²) in [5.74, 6) is 0. The van der Waals surface area contributed by atoms with Crippen molar-refractivity contribution in [3.8, 4) is 0 Å². The van der Waals surface area contributed by atoms with E-state index >= 15 is 0 Å². The molecule has 0 bridgehead atoms. The predicted molar refractivity (Wildman–Crippen MR) is 16.2 cm³/mol. The Labute approximate surface area is 53.9 Å². The number of hydrogen-bond donors (Lipinski definition) is 0. The van der Waals surface area contributed by atoms with E-state index in [-0.39, 0.29) is 25.8 Å². The zero-order chi connectivity index (χ0) is 4.50. The first-order chi connectivity index (χ1) is 2.00. The monoisotopic (exact) mass is 211 g/mol. The van der Waals surface area contributed by atoms with Gasteiger partial charge in [-0.05, 0) is 0 Å². The minimum Gasteiger partial charge on any atom is -0.759 e. The second kappa shape index (κ2) is 2.84. The quantitative estimate of drug-likeness (QED) is 0.352. The Morgan fingerprint density at radius 2 is 1.17 bits per heavy atom. The maximum atomic E-state index is 8.52. The van der Waals surface area contributed by atoms with Gasteiger partial charge in [0.15, 0.2) is 0 Å². The molecule has 6 heteroatoms. The van der Waals surface area contributed by atoms with E-state index in [0.717, 1.165) is 0 Å². The molecule has 0 aromatic heterocycles. The molecular weight excluding hydrogens is 211 g/mol. The van der Waals surface area contributed by atoms with Gasteiger partial charge in [0.2, 0.25) is 0 Å². The van der Waals surface area contributed by atoms with Gasteiger partial charge in [-0.25, -0.2) is 0 Å². The Balaban J connectivity index is 0. The van der Waals surface area contributed by atoms with Crippen LogP contribution >= 0.6 is 0 Å². The molecule has 0 N–H and O–H groups in total. The molecule has 0 aromatic carbocycles. The van der Waals surface area contributed by atoms with E-state index in [2.05, 4.69) is 0 Å². The number of hydrogen-bond acceptors (Lipinski definition) is 4. The molecule has 0 saturated heterocycles. The fraction of sp³-hybridized carbons (Fsp3) is 0. The average molecular weight is 211 g/mol. The summed E-state index contributed by atoms with van der Waals surface area (Å²) < 4.78 is 34.1. The van der Waals surface area contributed by atoms with Crippen molar-refractivity contribution in [2.24, 2.45) is 0 Å². The summed E-state index contributed by atoms with van der Waals surface area (Å²) in [5, 5.41) is 0. The molecule has 0 heterocycles. The smallest absolute Gasteiger partial charge is 0.759 e. The van der Waals surface area contributed by atoms with Crippen molar-refractivity contribution in [3.63, 3.8) is 0 Å². The minimum atomic E-state index is -5.17. The standard InChI is InChI=1S/In.H2O4S/c;1-5(2,3)4/h;(H2,1,2,3,4)/q+2;/p-2. The van der Waals surface area contributed by atoms with E-state index in [1.54, 1.807) is 0 Å². The largest absolute Gasteiger partial charge is 2.00 e. The topological polar surface area (TPSA) is 80.3 Å². The molecule has 6 heavy (non-hydrogen) atoms. The molecule has 33 valence electrons.